The lowest BCUT2D eigenvalue weighted by Crippen LogP contribution is -2.06. The normalized spacial score (nSPS) is 12.4. The standard InChI is InChI=1S/C12H13N3S/c1-9(13)10-5-2-3-6-11(10)16-12-14-7-4-8-15-12/h2-9H,13H2,1H3/t9-/m1/s1. The first-order valence-electron chi connectivity index (χ1n) is 5.07. The first-order chi connectivity index (χ1) is 7.77. The third-order valence-electron chi connectivity index (χ3n) is 2.15. The maximum Gasteiger partial charge on any atom is 0.192 e. The average Bonchev–Trinajstić information content (AvgIpc) is 2.31. The molecule has 0 spiro atoms. The van der Waals surface area contributed by atoms with Gasteiger partial charge in [0.2, 0.25) is 0 Å². The summed E-state index contributed by atoms with van der Waals surface area (Å²) in [6.07, 6.45) is 3.48. The van der Waals surface area contributed by atoms with Gasteiger partial charge in [-0.2, -0.15) is 0 Å². The molecule has 1 aromatic heterocycles. The molecule has 0 unspecified atom stereocenters. The molecule has 0 saturated carbocycles. The van der Waals surface area contributed by atoms with Gasteiger partial charge in [-0.05, 0) is 36.4 Å². The summed E-state index contributed by atoms with van der Waals surface area (Å²) < 4.78 is 0. The molecule has 0 saturated heterocycles. The van der Waals surface area contributed by atoms with Crippen molar-refractivity contribution in [2.45, 2.75) is 23.0 Å². The Bertz CT molecular complexity index is 457. The summed E-state index contributed by atoms with van der Waals surface area (Å²) in [5.41, 5.74) is 7.04. The van der Waals surface area contributed by atoms with Crippen LogP contribution in [0.25, 0.3) is 0 Å². The molecule has 0 bridgehead atoms. The van der Waals surface area contributed by atoms with Crippen molar-refractivity contribution in [3.8, 4) is 0 Å². The first-order valence-corrected chi connectivity index (χ1v) is 5.88. The monoisotopic (exact) mass is 231 g/mol. The van der Waals surface area contributed by atoms with E-state index < -0.39 is 0 Å². The zero-order chi connectivity index (χ0) is 11.4. The van der Waals surface area contributed by atoms with Crippen LogP contribution < -0.4 is 5.73 Å². The summed E-state index contributed by atoms with van der Waals surface area (Å²) in [4.78, 5) is 9.49. The Labute approximate surface area is 99.1 Å². The molecular weight excluding hydrogens is 218 g/mol. The van der Waals surface area contributed by atoms with Crippen molar-refractivity contribution in [3.63, 3.8) is 0 Å². The molecule has 4 heteroatoms. The zero-order valence-electron chi connectivity index (χ0n) is 9.00. The fourth-order valence-electron chi connectivity index (χ4n) is 1.39. The second kappa shape index (κ2) is 5.09. The highest BCUT2D eigenvalue weighted by Crippen LogP contribution is 2.29. The quantitative estimate of drug-likeness (QED) is 0.825. The van der Waals surface area contributed by atoms with Gasteiger partial charge in [0.1, 0.15) is 0 Å². The van der Waals surface area contributed by atoms with Crippen LogP contribution in [0.5, 0.6) is 0 Å². The van der Waals surface area contributed by atoms with Gasteiger partial charge in [0.05, 0.1) is 0 Å². The molecule has 2 rings (SSSR count). The van der Waals surface area contributed by atoms with Gasteiger partial charge in [-0.25, -0.2) is 9.97 Å². The predicted molar refractivity (Wildman–Crippen MR) is 65.2 cm³/mol. The highest BCUT2D eigenvalue weighted by Gasteiger charge is 2.08. The van der Waals surface area contributed by atoms with Crippen LogP contribution in [0.4, 0.5) is 0 Å². The SMILES string of the molecule is C[C@@H](N)c1ccccc1Sc1ncccn1. The van der Waals surface area contributed by atoms with E-state index in [0.29, 0.717) is 0 Å². The van der Waals surface area contributed by atoms with E-state index in [1.165, 1.54) is 0 Å². The Morgan fingerprint density at radius 3 is 2.50 bits per heavy atom. The van der Waals surface area contributed by atoms with Crippen LogP contribution in [0, 0.1) is 0 Å². The Morgan fingerprint density at radius 1 is 1.12 bits per heavy atom. The number of rotatable bonds is 3. The minimum absolute atomic E-state index is 0.0208. The third kappa shape index (κ3) is 2.59. The van der Waals surface area contributed by atoms with Crippen molar-refractivity contribution in [1.29, 1.82) is 0 Å². The molecular formula is C12H13N3S. The number of nitrogens with zero attached hydrogens (tertiary/aromatic N) is 2. The molecule has 1 heterocycles. The number of nitrogens with two attached hydrogens (primary N) is 1. The average molecular weight is 231 g/mol. The lowest BCUT2D eigenvalue weighted by molar-refractivity contribution is 0.796. The minimum atomic E-state index is 0.0208. The topological polar surface area (TPSA) is 51.8 Å². The zero-order valence-corrected chi connectivity index (χ0v) is 9.82. The van der Waals surface area contributed by atoms with Gasteiger partial charge < -0.3 is 5.73 Å². The number of hydrogen-bond acceptors (Lipinski definition) is 4. The molecule has 0 fully saturated rings. The van der Waals surface area contributed by atoms with Crippen LogP contribution in [0.15, 0.2) is 52.8 Å². The summed E-state index contributed by atoms with van der Waals surface area (Å²) in [6.45, 7) is 1.98. The molecule has 0 aliphatic carbocycles. The lowest BCUT2D eigenvalue weighted by Gasteiger charge is -2.10. The second-order valence-corrected chi connectivity index (χ2v) is 4.47. The lowest BCUT2D eigenvalue weighted by atomic mass is 10.1. The third-order valence-corrected chi connectivity index (χ3v) is 3.14. The van der Waals surface area contributed by atoms with Crippen LogP contribution in [0.1, 0.15) is 18.5 Å². The molecule has 0 radical (unpaired) electrons. The Morgan fingerprint density at radius 2 is 1.81 bits per heavy atom. The highest BCUT2D eigenvalue weighted by molar-refractivity contribution is 7.99. The van der Waals surface area contributed by atoms with Gasteiger partial charge in [-0.3, -0.25) is 0 Å². The number of hydrogen-bond donors (Lipinski definition) is 1. The summed E-state index contributed by atoms with van der Waals surface area (Å²) in [7, 11) is 0. The molecule has 82 valence electrons. The van der Waals surface area contributed by atoms with E-state index in [4.69, 9.17) is 5.73 Å². The number of aromatic nitrogens is 2. The molecule has 1 atom stereocenters. The molecule has 0 aliphatic rings. The van der Waals surface area contributed by atoms with E-state index in [-0.39, 0.29) is 6.04 Å². The van der Waals surface area contributed by atoms with Crippen molar-refractivity contribution in [1.82, 2.24) is 9.97 Å². The van der Waals surface area contributed by atoms with Gasteiger partial charge >= 0.3 is 0 Å². The van der Waals surface area contributed by atoms with Gasteiger partial charge in [0, 0.05) is 23.3 Å². The van der Waals surface area contributed by atoms with E-state index in [9.17, 15) is 0 Å². The van der Waals surface area contributed by atoms with Crippen molar-refractivity contribution >= 4 is 11.8 Å². The van der Waals surface area contributed by atoms with E-state index in [1.54, 1.807) is 24.2 Å². The summed E-state index contributed by atoms with van der Waals surface area (Å²) in [5.74, 6) is 0. The van der Waals surface area contributed by atoms with E-state index in [0.717, 1.165) is 15.6 Å². The maximum atomic E-state index is 5.91. The van der Waals surface area contributed by atoms with Gasteiger partial charge in [0.25, 0.3) is 0 Å². The van der Waals surface area contributed by atoms with E-state index in [2.05, 4.69) is 9.97 Å². The van der Waals surface area contributed by atoms with Gasteiger partial charge in [0.15, 0.2) is 5.16 Å². The minimum Gasteiger partial charge on any atom is -0.324 e. The van der Waals surface area contributed by atoms with E-state index in [1.807, 2.05) is 37.3 Å². The first kappa shape index (κ1) is 11.1. The van der Waals surface area contributed by atoms with Crippen LogP contribution >= 0.6 is 11.8 Å². The van der Waals surface area contributed by atoms with Crippen molar-refractivity contribution in [2.24, 2.45) is 5.73 Å². The Kier molecular flexibility index (Phi) is 3.54. The van der Waals surface area contributed by atoms with E-state index >= 15 is 0 Å². The largest absolute Gasteiger partial charge is 0.324 e. The molecule has 0 amide bonds. The van der Waals surface area contributed by atoms with Crippen molar-refractivity contribution in [2.75, 3.05) is 0 Å². The molecule has 3 nitrogen and oxygen atoms in total. The summed E-state index contributed by atoms with van der Waals surface area (Å²) >= 11 is 1.54. The maximum absolute atomic E-state index is 5.91. The predicted octanol–water partition coefficient (Wildman–Crippen LogP) is 2.65. The van der Waals surface area contributed by atoms with Gasteiger partial charge in [-0.15, -0.1) is 0 Å². The Balaban J connectivity index is 2.28. The van der Waals surface area contributed by atoms with Crippen LogP contribution in [-0.4, -0.2) is 9.97 Å². The smallest absolute Gasteiger partial charge is 0.192 e. The molecule has 0 aliphatic heterocycles. The second-order valence-electron chi connectivity index (χ2n) is 3.46. The summed E-state index contributed by atoms with van der Waals surface area (Å²) in [6, 6.07) is 9.90. The molecule has 2 N–H and O–H groups in total. The van der Waals surface area contributed by atoms with Crippen LogP contribution in [0.2, 0.25) is 0 Å². The van der Waals surface area contributed by atoms with Gasteiger partial charge in [-0.1, -0.05) is 18.2 Å². The van der Waals surface area contributed by atoms with Crippen LogP contribution in [-0.2, 0) is 0 Å². The summed E-state index contributed by atoms with van der Waals surface area (Å²) in [5, 5.41) is 0.746. The molecule has 1 aromatic carbocycles. The molecule has 2 aromatic rings. The van der Waals surface area contributed by atoms with Crippen molar-refractivity contribution < 1.29 is 0 Å². The van der Waals surface area contributed by atoms with Crippen molar-refractivity contribution in [3.05, 3.63) is 48.3 Å². The Hall–Kier alpha value is -1.39. The molecule has 16 heavy (non-hydrogen) atoms. The fraction of sp³-hybridized carbons (Fsp3) is 0.167. The fourth-order valence-corrected chi connectivity index (χ4v) is 2.33. The number of benzene rings is 1. The highest BCUT2D eigenvalue weighted by atomic mass is 32.2. The van der Waals surface area contributed by atoms with Crippen LogP contribution in [0.3, 0.4) is 0 Å².